The van der Waals surface area contributed by atoms with E-state index in [1.807, 2.05) is 36.9 Å². The lowest BCUT2D eigenvalue weighted by Crippen LogP contribution is -2.14. The van der Waals surface area contributed by atoms with E-state index >= 15 is 0 Å². The molecule has 1 atom stereocenters. The molecule has 162 valence electrons. The minimum absolute atomic E-state index is 0.0301. The number of nitrogens with two attached hydrogens (primary N) is 1. The molecule has 1 aromatic carbocycles. The number of aliphatic hydroxyl groups is 1. The molecule has 0 spiro atoms. The topological polar surface area (TPSA) is 146 Å². The van der Waals surface area contributed by atoms with Crippen molar-refractivity contribution in [3.8, 4) is 22.9 Å². The van der Waals surface area contributed by atoms with Crippen LogP contribution in [-0.2, 0) is 13.7 Å². The zero-order valence-electron chi connectivity index (χ0n) is 18.0. The van der Waals surface area contributed by atoms with E-state index in [1.165, 1.54) is 0 Å². The van der Waals surface area contributed by atoms with Crippen LogP contribution in [0.5, 0.6) is 5.75 Å². The van der Waals surface area contributed by atoms with Crippen LogP contribution in [0.1, 0.15) is 35.5 Å². The molecule has 3 heterocycles. The first-order chi connectivity index (χ1) is 15.3. The number of nitrogens with zero attached hydrogens (tertiary/aromatic N) is 5. The summed E-state index contributed by atoms with van der Waals surface area (Å²) >= 11 is 0. The van der Waals surface area contributed by atoms with Crippen LogP contribution in [0.2, 0.25) is 0 Å². The van der Waals surface area contributed by atoms with E-state index in [9.17, 15) is 15.5 Å². The summed E-state index contributed by atoms with van der Waals surface area (Å²) in [7, 11) is 1.94. The molecule has 0 saturated heterocycles. The van der Waals surface area contributed by atoms with Gasteiger partial charge in [0.25, 0.3) is 0 Å². The molecule has 4 aromatic rings. The number of aromatic hydroxyl groups is 1. The molecule has 0 amide bonds. The highest BCUT2D eigenvalue weighted by molar-refractivity contribution is 5.84. The highest BCUT2D eigenvalue weighted by Crippen LogP contribution is 2.34. The van der Waals surface area contributed by atoms with Crippen molar-refractivity contribution in [1.29, 1.82) is 5.26 Å². The molecule has 9 nitrogen and oxygen atoms in total. The number of nitrogens with one attached hydrogen (secondary N) is 1. The maximum atomic E-state index is 10.00. The van der Waals surface area contributed by atoms with E-state index in [2.05, 4.69) is 21.4 Å². The molecule has 5 N–H and O–H groups in total. The molecule has 0 saturated carbocycles. The average molecular weight is 429 g/mol. The Balaban J connectivity index is 1.87. The number of aryl methyl sites for hydroxylation is 2. The number of benzene rings is 1. The number of anilines is 2. The smallest absolute Gasteiger partial charge is 0.222 e. The molecule has 0 bridgehead atoms. The fourth-order valence-electron chi connectivity index (χ4n) is 3.75. The van der Waals surface area contributed by atoms with Gasteiger partial charge in [-0.25, -0.2) is 9.97 Å². The maximum absolute atomic E-state index is 10.00. The quantitative estimate of drug-likeness (QED) is 0.378. The van der Waals surface area contributed by atoms with Gasteiger partial charge in [0.15, 0.2) is 0 Å². The van der Waals surface area contributed by atoms with Crippen LogP contribution < -0.4 is 11.1 Å². The first-order valence-electron chi connectivity index (χ1n) is 10.0. The van der Waals surface area contributed by atoms with Gasteiger partial charge >= 0.3 is 0 Å². The number of fused-ring (bicyclic) bond motifs is 1. The van der Waals surface area contributed by atoms with Crippen molar-refractivity contribution < 1.29 is 10.2 Å². The van der Waals surface area contributed by atoms with Crippen molar-refractivity contribution >= 4 is 22.8 Å². The van der Waals surface area contributed by atoms with E-state index in [1.54, 1.807) is 25.1 Å². The molecular weight excluding hydrogens is 406 g/mol. The number of aromatic nitrogens is 4. The molecule has 9 heteroatoms. The minimum Gasteiger partial charge on any atom is -0.508 e. The van der Waals surface area contributed by atoms with Crippen molar-refractivity contribution in [2.75, 3.05) is 11.1 Å². The first-order valence-corrected chi connectivity index (χ1v) is 10.0. The van der Waals surface area contributed by atoms with Crippen LogP contribution in [0.15, 0.2) is 36.5 Å². The van der Waals surface area contributed by atoms with Crippen LogP contribution in [0.4, 0.5) is 11.8 Å². The fraction of sp³-hybridized carbons (Fsp3) is 0.217. The Labute approximate surface area is 184 Å². The minimum atomic E-state index is -0.346. The summed E-state index contributed by atoms with van der Waals surface area (Å²) in [5.41, 5.74) is 11.1. The third-order valence-corrected chi connectivity index (χ3v) is 5.44. The molecule has 0 radical (unpaired) electrons. The second-order valence-corrected chi connectivity index (χ2v) is 7.62. The van der Waals surface area contributed by atoms with Gasteiger partial charge in [-0.15, -0.1) is 0 Å². The fourth-order valence-corrected chi connectivity index (χ4v) is 3.75. The number of nitriles is 1. The molecule has 0 aliphatic rings. The van der Waals surface area contributed by atoms with Gasteiger partial charge in [0, 0.05) is 24.4 Å². The van der Waals surface area contributed by atoms with Crippen molar-refractivity contribution in [2.24, 2.45) is 7.05 Å². The number of pyridine rings is 1. The predicted molar refractivity (Wildman–Crippen MR) is 122 cm³/mol. The molecule has 4 rings (SSSR count). The SMILES string of the molecule is Cc1nc(N)nc(NC(C)c2nc3ccn(C)c3cc2-c2ccc(O)c(CO)c2)c1C#N. The summed E-state index contributed by atoms with van der Waals surface area (Å²) in [6, 6.07) is 10.8. The Kier molecular flexibility index (Phi) is 5.38. The summed E-state index contributed by atoms with van der Waals surface area (Å²) in [6.45, 7) is 3.34. The lowest BCUT2D eigenvalue weighted by atomic mass is 9.97. The van der Waals surface area contributed by atoms with Crippen molar-refractivity contribution in [3.05, 3.63) is 59.0 Å². The Morgan fingerprint density at radius 2 is 2.00 bits per heavy atom. The van der Waals surface area contributed by atoms with E-state index in [0.29, 0.717) is 22.6 Å². The number of aliphatic hydroxyl groups excluding tert-OH is 1. The second-order valence-electron chi connectivity index (χ2n) is 7.62. The monoisotopic (exact) mass is 429 g/mol. The normalized spacial score (nSPS) is 12.0. The van der Waals surface area contributed by atoms with E-state index < -0.39 is 0 Å². The van der Waals surface area contributed by atoms with E-state index in [-0.39, 0.29) is 24.3 Å². The number of hydrogen-bond donors (Lipinski definition) is 4. The zero-order chi connectivity index (χ0) is 23.0. The highest BCUT2D eigenvalue weighted by Gasteiger charge is 2.20. The van der Waals surface area contributed by atoms with Crippen molar-refractivity contribution in [1.82, 2.24) is 19.5 Å². The maximum Gasteiger partial charge on any atom is 0.222 e. The van der Waals surface area contributed by atoms with Crippen LogP contribution in [0.3, 0.4) is 0 Å². The van der Waals surface area contributed by atoms with Crippen LogP contribution in [0, 0.1) is 18.3 Å². The van der Waals surface area contributed by atoms with Gasteiger partial charge in [-0.2, -0.15) is 10.2 Å². The van der Waals surface area contributed by atoms with Crippen molar-refractivity contribution in [2.45, 2.75) is 26.5 Å². The van der Waals surface area contributed by atoms with Gasteiger partial charge in [0.2, 0.25) is 5.95 Å². The van der Waals surface area contributed by atoms with Crippen LogP contribution >= 0.6 is 0 Å². The number of hydrogen-bond acceptors (Lipinski definition) is 8. The summed E-state index contributed by atoms with van der Waals surface area (Å²) in [4.78, 5) is 13.2. The lowest BCUT2D eigenvalue weighted by Gasteiger charge is -2.20. The summed E-state index contributed by atoms with van der Waals surface area (Å²) in [5.74, 6) is 0.448. The van der Waals surface area contributed by atoms with Gasteiger partial charge in [0.1, 0.15) is 23.2 Å². The van der Waals surface area contributed by atoms with Gasteiger partial charge in [0.05, 0.1) is 35.1 Å². The number of phenols is 1. The Morgan fingerprint density at radius 3 is 2.72 bits per heavy atom. The largest absolute Gasteiger partial charge is 0.508 e. The summed E-state index contributed by atoms with van der Waals surface area (Å²) in [5, 5.41) is 32.4. The molecular formula is C23H23N7O2. The molecule has 0 fully saturated rings. The Bertz CT molecular complexity index is 1370. The van der Waals surface area contributed by atoms with Gasteiger partial charge < -0.3 is 25.8 Å². The standard InChI is InChI=1S/C23H23N7O2/c1-12-17(10-24)22(29-23(25)27-12)26-13(2)21-16(9-19-18(28-21)6-7-30(19)3)14-4-5-20(32)15(8-14)11-31/h4-9,13,31-32H,11H2,1-3H3,(H3,25,26,27,29). The lowest BCUT2D eigenvalue weighted by molar-refractivity contribution is 0.275. The molecule has 3 aromatic heterocycles. The average Bonchev–Trinajstić information content (AvgIpc) is 3.13. The molecule has 0 aliphatic carbocycles. The Morgan fingerprint density at radius 1 is 1.22 bits per heavy atom. The number of rotatable bonds is 5. The van der Waals surface area contributed by atoms with Gasteiger partial charge in [-0.3, -0.25) is 0 Å². The molecule has 0 aliphatic heterocycles. The molecule has 32 heavy (non-hydrogen) atoms. The number of nitrogen functional groups attached to an aromatic ring is 1. The first kappa shape index (κ1) is 21.1. The van der Waals surface area contributed by atoms with E-state index in [4.69, 9.17) is 10.7 Å². The van der Waals surface area contributed by atoms with Gasteiger partial charge in [-0.1, -0.05) is 6.07 Å². The van der Waals surface area contributed by atoms with Crippen molar-refractivity contribution in [3.63, 3.8) is 0 Å². The van der Waals surface area contributed by atoms with Gasteiger partial charge in [-0.05, 0) is 43.7 Å². The third-order valence-electron chi connectivity index (χ3n) is 5.44. The summed E-state index contributed by atoms with van der Waals surface area (Å²) < 4.78 is 1.98. The Hall–Kier alpha value is -4.16. The van der Waals surface area contributed by atoms with Crippen LogP contribution in [0.25, 0.3) is 22.2 Å². The predicted octanol–water partition coefficient (Wildman–Crippen LogP) is 3.16. The summed E-state index contributed by atoms with van der Waals surface area (Å²) in [6.07, 6.45) is 1.93. The second kappa shape index (κ2) is 8.17. The van der Waals surface area contributed by atoms with Crippen LogP contribution in [-0.4, -0.2) is 29.7 Å². The zero-order valence-corrected chi connectivity index (χ0v) is 18.0. The third kappa shape index (κ3) is 3.68. The highest BCUT2D eigenvalue weighted by atomic mass is 16.3. The van der Waals surface area contributed by atoms with E-state index in [0.717, 1.165) is 27.9 Å². The molecule has 1 unspecified atom stereocenters.